The molecule has 5 nitrogen and oxygen atoms in total. The van der Waals surface area contributed by atoms with Crippen LogP contribution in [0, 0.1) is 11.8 Å². The molecule has 0 radical (unpaired) electrons. The first-order valence-corrected chi connectivity index (χ1v) is 10.1. The van der Waals surface area contributed by atoms with Crippen LogP contribution < -0.4 is 4.90 Å². The second kappa shape index (κ2) is 7.47. The molecule has 2 heterocycles. The summed E-state index contributed by atoms with van der Waals surface area (Å²) in [6.07, 6.45) is 3.71. The van der Waals surface area contributed by atoms with Crippen molar-refractivity contribution in [2.24, 2.45) is 11.8 Å². The van der Waals surface area contributed by atoms with E-state index in [2.05, 4.69) is 4.90 Å². The molecular weight excluding hydrogens is 350 g/mol. The van der Waals surface area contributed by atoms with Gasteiger partial charge in [0.1, 0.15) is 0 Å². The molecule has 26 heavy (non-hydrogen) atoms. The van der Waals surface area contributed by atoms with Gasteiger partial charge in [-0.05, 0) is 37.8 Å². The van der Waals surface area contributed by atoms with Crippen LogP contribution in [0.25, 0.3) is 0 Å². The minimum absolute atomic E-state index is 0.0742. The molecule has 3 aliphatic rings. The minimum atomic E-state index is 0.0742. The number of anilines is 1. The van der Waals surface area contributed by atoms with Crippen LogP contribution in [0.15, 0.2) is 24.3 Å². The third-order valence-corrected chi connectivity index (χ3v) is 6.19. The zero-order valence-corrected chi connectivity index (χ0v) is 15.8. The summed E-state index contributed by atoms with van der Waals surface area (Å²) in [6, 6.07) is 7.87. The van der Waals surface area contributed by atoms with E-state index in [1.807, 2.05) is 34.1 Å². The van der Waals surface area contributed by atoms with Crippen LogP contribution in [0.2, 0.25) is 5.02 Å². The van der Waals surface area contributed by atoms with E-state index in [-0.39, 0.29) is 17.7 Å². The second-order valence-corrected chi connectivity index (χ2v) is 8.04. The van der Waals surface area contributed by atoms with Gasteiger partial charge in [0.2, 0.25) is 11.8 Å². The Morgan fingerprint density at radius 3 is 1.88 bits per heavy atom. The van der Waals surface area contributed by atoms with E-state index < -0.39 is 0 Å². The summed E-state index contributed by atoms with van der Waals surface area (Å²) in [5, 5.41) is 0.764. The highest BCUT2D eigenvalue weighted by molar-refractivity contribution is 6.33. The van der Waals surface area contributed by atoms with Crippen LogP contribution in [0.4, 0.5) is 5.69 Å². The highest BCUT2D eigenvalue weighted by atomic mass is 35.5. The van der Waals surface area contributed by atoms with Crippen molar-refractivity contribution in [3.05, 3.63) is 29.3 Å². The number of piperazine rings is 1. The molecule has 2 saturated heterocycles. The summed E-state index contributed by atoms with van der Waals surface area (Å²) in [4.78, 5) is 31.2. The molecule has 2 aliphatic heterocycles. The fourth-order valence-corrected chi connectivity index (χ4v) is 4.32. The number of hydrogen-bond donors (Lipinski definition) is 0. The number of benzene rings is 1. The predicted octanol–water partition coefficient (Wildman–Crippen LogP) is 2.64. The smallest absolute Gasteiger partial charge is 0.225 e. The summed E-state index contributed by atoms with van der Waals surface area (Å²) in [5.74, 6) is 0.928. The molecule has 0 atom stereocenters. The quantitative estimate of drug-likeness (QED) is 0.815. The highest BCUT2D eigenvalue weighted by Gasteiger charge is 2.37. The van der Waals surface area contributed by atoms with Crippen LogP contribution in [0.5, 0.6) is 0 Å². The summed E-state index contributed by atoms with van der Waals surface area (Å²) in [5.41, 5.74) is 1.05. The Bertz CT molecular complexity index is 675. The number of carbonyl (C=O) groups is 2. The molecule has 2 amide bonds. The van der Waals surface area contributed by atoms with Crippen LogP contribution in [-0.2, 0) is 9.59 Å². The summed E-state index contributed by atoms with van der Waals surface area (Å²) in [7, 11) is 0. The molecule has 1 saturated carbocycles. The maximum atomic E-state index is 12.9. The molecular formula is C20H26ClN3O2. The number of hydrogen-bond acceptors (Lipinski definition) is 3. The maximum absolute atomic E-state index is 12.9. The Morgan fingerprint density at radius 2 is 1.31 bits per heavy atom. The molecule has 0 unspecified atom stereocenters. The van der Waals surface area contributed by atoms with Gasteiger partial charge in [0.15, 0.2) is 0 Å². The van der Waals surface area contributed by atoms with Gasteiger partial charge in [0.25, 0.3) is 0 Å². The van der Waals surface area contributed by atoms with Crippen LogP contribution in [0.3, 0.4) is 0 Å². The zero-order valence-electron chi connectivity index (χ0n) is 15.1. The molecule has 0 spiro atoms. The van der Waals surface area contributed by atoms with Gasteiger partial charge in [-0.15, -0.1) is 0 Å². The number of piperidine rings is 1. The van der Waals surface area contributed by atoms with E-state index in [4.69, 9.17) is 11.6 Å². The van der Waals surface area contributed by atoms with Gasteiger partial charge in [-0.2, -0.15) is 0 Å². The van der Waals surface area contributed by atoms with E-state index in [0.717, 1.165) is 75.7 Å². The Balaban J connectivity index is 1.27. The normalized spacial score (nSPS) is 21.8. The molecule has 0 N–H and O–H groups in total. The van der Waals surface area contributed by atoms with Crippen molar-refractivity contribution in [1.29, 1.82) is 0 Å². The predicted molar refractivity (Wildman–Crippen MR) is 102 cm³/mol. The van der Waals surface area contributed by atoms with E-state index in [9.17, 15) is 9.59 Å². The van der Waals surface area contributed by atoms with Crippen molar-refractivity contribution in [2.75, 3.05) is 44.2 Å². The van der Waals surface area contributed by atoms with Crippen molar-refractivity contribution in [3.8, 4) is 0 Å². The maximum Gasteiger partial charge on any atom is 0.225 e. The van der Waals surface area contributed by atoms with Crippen molar-refractivity contribution >= 4 is 29.1 Å². The summed E-state index contributed by atoms with van der Waals surface area (Å²) in [6.45, 7) is 4.59. The first-order chi connectivity index (χ1) is 12.6. The number of halogens is 1. The fraction of sp³-hybridized carbons (Fsp3) is 0.600. The topological polar surface area (TPSA) is 43.9 Å². The van der Waals surface area contributed by atoms with Crippen LogP contribution >= 0.6 is 11.6 Å². The van der Waals surface area contributed by atoms with Gasteiger partial charge < -0.3 is 14.7 Å². The standard InChI is InChI=1S/C20H26ClN3O2/c21-17-3-1-2-4-18(17)22-11-13-24(14-12-22)20(26)16-7-9-23(10-8-16)19(25)15-5-6-15/h1-4,15-16H,5-14H2. The molecule has 0 aromatic heterocycles. The SMILES string of the molecule is O=C(C1CC1)N1CCC(C(=O)N2CCN(c3ccccc3Cl)CC2)CC1. The summed E-state index contributed by atoms with van der Waals surface area (Å²) >= 11 is 6.29. The van der Waals surface area contributed by atoms with Crippen LogP contribution in [-0.4, -0.2) is 60.9 Å². The molecule has 1 aromatic carbocycles. The van der Waals surface area contributed by atoms with Crippen LogP contribution in [0.1, 0.15) is 25.7 Å². The fourth-order valence-electron chi connectivity index (χ4n) is 4.07. The number of amides is 2. The lowest BCUT2D eigenvalue weighted by atomic mass is 9.94. The van der Waals surface area contributed by atoms with Crippen molar-refractivity contribution in [3.63, 3.8) is 0 Å². The van der Waals surface area contributed by atoms with Gasteiger partial charge in [-0.3, -0.25) is 9.59 Å². The van der Waals surface area contributed by atoms with E-state index in [0.29, 0.717) is 5.91 Å². The Kier molecular flexibility index (Phi) is 5.07. The molecule has 0 bridgehead atoms. The average molecular weight is 376 g/mol. The second-order valence-electron chi connectivity index (χ2n) is 7.64. The van der Waals surface area contributed by atoms with Crippen molar-refractivity contribution in [1.82, 2.24) is 9.80 Å². The molecule has 4 rings (SSSR count). The zero-order chi connectivity index (χ0) is 18.1. The highest BCUT2D eigenvalue weighted by Crippen LogP contribution is 2.33. The Hall–Kier alpha value is -1.75. The number of para-hydroxylation sites is 1. The third-order valence-electron chi connectivity index (χ3n) is 5.87. The molecule has 6 heteroatoms. The van der Waals surface area contributed by atoms with Gasteiger partial charge in [-0.25, -0.2) is 0 Å². The Labute approximate surface area is 159 Å². The lowest BCUT2D eigenvalue weighted by molar-refractivity contribution is -0.141. The van der Waals surface area contributed by atoms with Gasteiger partial charge >= 0.3 is 0 Å². The van der Waals surface area contributed by atoms with Crippen molar-refractivity contribution < 1.29 is 9.59 Å². The summed E-state index contributed by atoms with van der Waals surface area (Å²) < 4.78 is 0. The van der Waals surface area contributed by atoms with Gasteiger partial charge in [-0.1, -0.05) is 23.7 Å². The monoisotopic (exact) mass is 375 g/mol. The van der Waals surface area contributed by atoms with E-state index in [1.54, 1.807) is 0 Å². The number of likely N-dealkylation sites (tertiary alicyclic amines) is 1. The number of rotatable bonds is 3. The largest absolute Gasteiger partial charge is 0.367 e. The lowest BCUT2D eigenvalue weighted by Crippen LogP contribution is -2.52. The molecule has 1 aromatic rings. The molecule has 140 valence electrons. The number of nitrogens with zero attached hydrogens (tertiary/aromatic N) is 3. The molecule has 1 aliphatic carbocycles. The lowest BCUT2D eigenvalue weighted by Gasteiger charge is -2.39. The van der Waals surface area contributed by atoms with Gasteiger partial charge in [0, 0.05) is 51.1 Å². The van der Waals surface area contributed by atoms with Gasteiger partial charge in [0.05, 0.1) is 10.7 Å². The van der Waals surface area contributed by atoms with E-state index >= 15 is 0 Å². The average Bonchev–Trinajstić information content (AvgIpc) is 3.53. The van der Waals surface area contributed by atoms with E-state index in [1.165, 1.54) is 0 Å². The first kappa shape index (κ1) is 17.7. The first-order valence-electron chi connectivity index (χ1n) is 9.70. The number of carbonyl (C=O) groups excluding carboxylic acids is 2. The third kappa shape index (κ3) is 3.68. The Morgan fingerprint density at radius 1 is 0.769 bits per heavy atom. The minimum Gasteiger partial charge on any atom is -0.367 e. The van der Waals surface area contributed by atoms with Crippen molar-refractivity contribution in [2.45, 2.75) is 25.7 Å². The molecule has 3 fully saturated rings.